The summed E-state index contributed by atoms with van der Waals surface area (Å²) in [6.45, 7) is 0. The molecule has 0 saturated heterocycles. The molecule has 14 heavy (non-hydrogen) atoms. The van der Waals surface area contributed by atoms with E-state index >= 15 is 0 Å². The SMILES string of the molecule is [Cl][Pd]([c]1ccccc1)[c]1ccccc1. The van der Waals surface area contributed by atoms with Gasteiger partial charge in [-0.3, -0.25) is 0 Å². The molecule has 0 spiro atoms. The maximum atomic E-state index is 6.45. The van der Waals surface area contributed by atoms with Crippen molar-refractivity contribution in [3.05, 3.63) is 60.7 Å². The molecule has 2 rings (SSSR count). The molecular weight excluding hydrogens is 286 g/mol. The molecule has 75 valence electrons. The Hall–Kier alpha value is -0.608. The fourth-order valence-corrected chi connectivity index (χ4v) is 4.07. The summed E-state index contributed by atoms with van der Waals surface area (Å²) in [5, 5.41) is 0. The first-order chi connectivity index (χ1) is 6.88. The predicted octanol–water partition coefficient (Wildman–Crippen LogP) is 2.41. The van der Waals surface area contributed by atoms with Crippen LogP contribution >= 0.6 is 9.53 Å². The topological polar surface area (TPSA) is 0 Å². The van der Waals surface area contributed by atoms with E-state index in [4.69, 9.17) is 9.53 Å². The van der Waals surface area contributed by atoms with Crippen molar-refractivity contribution in [3.8, 4) is 0 Å². The van der Waals surface area contributed by atoms with Crippen molar-refractivity contribution >= 4 is 17.6 Å². The van der Waals surface area contributed by atoms with Crippen molar-refractivity contribution in [2.24, 2.45) is 0 Å². The first kappa shape index (κ1) is 9.93. The summed E-state index contributed by atoms with van der Waals surface area (Å²) in [7, 11) is 6.45. The molecule has 0 unspecified atom stereocenters. The number of halogens is 1. The number of benzene rings is 2. The Morgan fingerprint density at radius 1 is 0.643 bits per heavy atom. The minimum atomic E-state index is -1.22. The average Bonchev–Trinajstić information content (AvgIpc) is 2.30. The van der Waals surface area contributed by atoms with E-state index in [2.05, 4.69) is 24.3 Å². The van der Waals surface area contributed by atoms with Crippen molar-refractivity contribution in [2.75, 3.05) is 0 Å². The molecule has 0 aliphatic rings. The van der Waals surface area contributed by atoms with E-state index in [0.29, 0.717) is 0 Å². The van der Waals surface area contributed by atoms with Crippen LogP contribution in [-0.2, 0) is 15.7 Å². The third kappa shape index (κ3) is 2.25. The van der Waals surface area contributed by atoms with Gasteiger partial charge in [-0.15, -0.1) is 0 Å². The van der Waals surface area contributed by atoms with Gasteiger partial charge in [-0.2, -0.15) is 0 Å². The van der Waals surface area contributed by atoms with Crippen molar-refractivity contribution in [1.29, 1.82) is 0 Å². The molecule has 0 nitrogen and oxygen atoms in total. The molecule has 0 N–H and O–H groups in total. The molecule has 0 aliphatic heterocycles. The second-order valence-electron chi connectivity index (χ2n) is 2.72. The van der Waals surface area contributed by atoms with Gasteiger partial charge >= 0.3 is 94.0 Å². The minimum absolute atomic E-state index is 1.22. The van der Waals surface area contributed by atoms with Crippen LogP contribution in [0.5, 0.6) is 0 Å². The van der Waals surface area contributed by atoms with Crippen LogP contribution in [0.25, 0.3) is 0 Å². The first-order valence-corrected chi connectivity index (χ1v) is 7.81. The molecule has 2 aromatic rings. The van der Waals surface area contributed by atoms with Gasteiger partial charge in [0.2, 0.25) is 0 Å². The third-order valence-corrected chi connectivity index (χ3v) is 5.99. The van der Waals surface area contributed by atoms with E-state index in [-0.39, 0.29) is 0 Å². The van der Waals surface area contributed by atoms with Gasteiger partial charge in [0.05, 0.1) is 0 Å². The molecule has 0 saturated carbocycles. The van der Waals surface area contributed by atoms with Gasteiger partial charge in [-0.1, -0.05) is 0 Å². The van der Waals surface area contributed by atoms with Crippen molar-refractivity contribution in [2.45, 2.75) is 0 Å². The Morgan fingerprint density at radius 3 is 1.36 bits per heavy atom. The van der Waals surface area contributed by atoms with Crippen LogP contribution in [0.1, 0.15) is 0 Å². The molecule has 0 aromatic heterocycles. The monoisotopic (exact) mass is 295 g/mol. The fourth-order valence-electron chi connectivity index (χ4n) is 1.10. The molecule has 0 radical (unpaired) electrons. The molecule has 0 aliphatic carbocycles. The Bertz CT molecular complexity index is 346. The molecule has 0 heterocycles. The predicted molar refractivity (Wildman–Crippen MR) is 58.0 cm³/mol. The normalized spacial score (nSPS) is 11.1. The van der Waals surface area contributed by atoms with Gasteiger partial charge in [0.15, 0.2) is 0 Å². The second-order valence-corrected chi connectivity index (χ2v) is 6.90. The molecule has 0 amide bonds. The number of rotatable bonds is 2. The number of hydrogen-bond donors (Lipinski definition) is 0. The molecule has 0 atom stereocenters. The summed E-state index contributed by atoms with van der Waals surface area (Å²) < 4.78 is 2.51. The van der Waals surface area contributed by atoms with Crippen LogP contribution in [0.4, 0.5) is 0 Å². The molecule has 0 fully saturated rings. The van der Waals surface area contributed by atoms with Gasteiger partial charge in [0.25, 0.3) is 0 Å². The Morgan fingerprint density at radius 2 is 1.00 bits per heavy atom. The van der Waals surface area contributed by atoms with E-state index in [1.807, 2.05) is 36.4 Å². The van der Waals surface area contributed by atoms with Crippen molar-refractivity contribution < 1.29 is 15.7 Å². The summed E-state index contributed by atoms with van der Waals surface area (Å²) in [6, 6.07) is 20.6. The quantitative estimate of drug-likeness (QED) is 0.747. The van der Waals surface area contributed by atoms with Crippen LogP contribution in [0.2, 0.25) is 0 Å². The van der Waals surface area contributed by atoms with E-state index in [9.17, 15) is 0 Å². The van der Waals surface area contributed by atoms with Gasteiger partial charge in [0, 0.05) is 0 Å². The Labute approximate surface area is 93.8 Å². The standard InChI is InChI=1S/2C6H5.ClH.Pd/c2*1-2-4-6-5-3-1;;/h2*1-5H;1H;/q;;;+1/p-1. The van der Waals surface area contributed by atoms with E-state index in [0.717, 1.165) is 0 Å². The fraction of sp³-hybridized carbons (Fsp3) is 0. The first-order valence-electron chi connectivity index (χ1n) is 4.26. The Balaban J connectivity index is 2.30. The van der Waals surface area contributed by atoms with Crippen LogP contribution < -0.4 is 8.07 Å². The summed E-state index contributed by atoms with van der Waals surface area (Å²) in [4.78, 5) is 0. The summed E-state index contributed by atoms with van der Waals surface area (Å²) in [6.07, 6.45) is 0. The average molecular weight is 296 g/mol. The van der Waals surface area contributed by atoms with Gasteiger partial charge < -0.3 is 0 Å². The summed E-state index contributed by atoms with van der Waals surface area (Å²) in [5.74, 6) is 0. The Kier molecular flexibility index (Phi) is 3.37. The number of hydrogen-bond acceptors (Lipinski definition) is 0. The maximum absolute atomic E-state index is 6.45. The zero-order chi connectivity index (χ0) is 9.80. The van der Waals surface area contributed by atoms with Gasteiger partial charge in [-0.05, 0) is 0 Å². The van der Waals surface area contributed by atoms with Crippen LogP contribution in [0.15, 0.2) is 60.7 Å². The second kappa shape index (κ2) is 4.75. The van der Waals surface area contributed by atoms with Crippen LogP contribution in [0.3, 0.4) is 0 Å². The van der Waals surface area contributed by atoms with Gasteiger partial charge in [-0.25, -0.2) is 0 Å². The zero-order valence-electron chi connectivity index (χ0n) is 7.47. The van der Waals surface area contributed by atoms with Gasteiger partial charge in [0.1, 0.15) is 0 Å². The molecular formula is C12H10ClPd. The zero-order valence-corrected chi connectivity index (χ0v) is 9.78. The molecule has 2 heteroatoms. The van der Waals surface area contributed by atoms with E-state index in [1.54, 1.807) is 0 Å². The van der Waals surface area contributed by atoms with Crippen molar-refractivity contribution in [1.82, 2.24) is 0 Å². The van der Waals surface area contributed by atoms with E-state index < -0.39 is 15.7 Å². The van der Waals surface area contributed by atoms with E-state index in [1.165, 1.54) is 8.07 Å². The summed E-state index contributed by atoms with van der Waals surface area (Å²) in [5.41, 5.74) is 0. The molecule has 0 bridgehead atoms. The molecule has 2 aromatic carbocycles. The third-order valence-electron chi connectivity index (χ3n) is 1.75. The summed E-state index contributed by atoms with van der Waals surface area (Å²) >= 11 is -1.22. The van der Waals surface area contributed by atoms with Crippen molar-refractivity contribution in [3.63, 3.8) is 0 Å². The van der Waals surface area contributed by atoms with Crippen LogP contribution in [0, 0.1) is 0 Å². The van der Waals surface area contributed by atoms with Crippen LogP contribution in [-0.4, -0.2) is 0 Å².